The molecule has 1 heterocycles. The molecule has 0 fully saturated rings. The highest BCUT2D eigenvalue weighted by molar-refractivity contribution is 7.91. The van der Waals surface area contributed by atoms with Gasteiger partial charge in [-0.1, -0.05) is 12.1 Å². The Morgan fingerprint density at radius 3 is 2.94 bits per heavy atom. The Morgan fingerprint density at radius 1 is 1.44 bits per heavy atom. The summed E-state index contributed by atoms with van der Waals surface area (Å²) in [6, 6.07) is 7.18. The highest BCUT2D eigenvalue weighted by Crippen LogP contribution is 2.28. The van der Waals surface area contributed by atoms with E-state index in [0.717, 1.165) is 17.5 Å². The van der Waals surface area contributed by atoms with Crippen LogP contribution in [0.2, 0.25) is 0 Å². The Balaban J connectivity index is 2.31. The van der Waals surface area contributed by atoms with Crippen LogP contribution in [0.1, 0.15) is 36.4 Å². The number of aryl methyl sites for hydroxylation is 1. The van der Waals surface area contributed by atoms with Gasteiger partial charge in [0.1, 0.15) is 0 Å². The predicted octanol–water partition coefficient (Wildman–Crippen LogP) is 1.71. The van der Waals surface area contributed by atoms with Crippen molar-refractivity contribution in [3.63, 3.8) is 0 Å². The molecular formula is C13H16N2O2S. The van der Waals surface area contributed by atoms with E-state index in [1.54, 1.807) is 12.1 Å². The largest absolute Gasteiger partial charge is 0.324 e. The quantitative estimate of drug-likeness (QED) is 0.900. The maximum Gasteiger partial charge on any atom is 0.178 e. The predicted molar refractivity (Wildman–Crippen MR) is 68.6 cm³/mol. The molecule has 2 N–H and O–H groups in total. The molecule has 0 saturated heterocycles. The van der Waals surface area contributed by atoms with Crippen molar-refractivity contribution in [1.82, 2.24) is 0 Å². The highest BCUT2D eigenvalue weighted by Gasteiger charge is 2.23. The highest BCUT2D eigenvalue weighted by atomic mass is 32.2. The Morgan fingerprint density at radius 2 is 2.22 bits per heavy atom. The van der Waals surface area contributed by atoms with E-state index in [1.165, 1.54) is 0 Å². The van der Waals surface area contributed by atoms with Crippen LogP contribution in [0.4, 0.5) is 0 Å². The number of nitrogens with zero attached hydrogens (tertiary/aromatic N) is 1. The zero-order valence-electron chi connectivity index (χ0n) is 10.1. The van der Waals surface area contributed by atoms with Crippen molar-refractivity contribution in [1.29, 1.82) is 5.26 Å². The molecule has 1 aromatic rings. The number of hydrogen-bond donors (Lipinski definition) is 1. The molecule has 4 nitrogen and oxygen atoms in total. The van der Waals surface area contributed by atoms with Gasteiger partial charge in [0.25, 0.3) is 0 Å². The molecule has 96 valence electrons. The van der Waals surface area contributed by atoms with Crippen molar-refractivity contribution in [2.75, 3.05) is 5.75 Å². The average molecular weight is 264 g/mol. The number of hydrogen-bond acceptors (Lipinski definition) is 4. The lowest BCUT2D eigenvalue weighted by Gasteiger charge is -2.19. The van der Waals surface area contributed by atoms with E-state index in [1.807, 2.05) is 6.07 Å². The summed E-state index contributed by atoms with van der Waals surface area (Å²) in [5, 5.41) is 8.54. The van der Waals surface area contributed by atoms with E-state index in [4.69, 9.17) is 11.0 Å². The van der Waals surface area contributed by atoms with Gasteiger partial charge in [0.15, 0.2) is 9.84 Å². The Kier molecular flexibility index (Phi) is 3.69. The van der Waals surface area contributed by atoms with Gasteiger partial charge in [-0.15, -0.1) is 0 Å². The third kappa shape index (κ3) is 2.55. The summed E-state index contributed by atoms with van der Waals surface area (Å²) in [5.41, 5.74) is 7.77. The van der Waals surface area contributed by atoms with Crippen LogP contribution in [-0.2, 0) is 16.3 Å². The molecule has 0 saturated carbocycles. The molecule has 0 amide bonds. The molecule has 1 atom stereocenters. The minimum Gasteiger partial charge on any atom is -0.324 e. The summed E-state index contributed by atoms with van der Waals surface area (Å²) in [6.07, 6.45) is 2.47. The molecule has 0 spiro atoms. The topological polar surface area (TPSA) is 83.9 Å². The van der Waals surface area contributed by atoms with Crippen molar-refractivity contribution in [2.45, 2.75) is 36.6 Å². The van der Waals surface area contributed by atoms with Crippen LogP contribution >= 0.6 is 0 Å². The number of nitriles is 1. The second-order valence-corrected chi connectivity index (χ2v) is 6.67. The summed E-state index contributed by atoms with van der Waals surface area (Å²) in [6.45, 7) is 0. The van der Waals surface area contributed by atoms with E-state index < -0.39 is 9.84 Å². The SMILES string of the molecule is N#CCCC(N)c1ccc2c(c1)CCCS2(=O)=O. The smallest absolute Gasteiger partial charge is 0.178 e. The third-order valence-electron chi connectivity index (χ3n) is 3.27. The molecule has 0 radical (unpaired) electrons. The van der Waals surface area contributed by atoms with Crippen molar-refractivity contribution in [3.05, 3.63) is 29.3 Å². The van der Waals surface area contributed by atoms with Gasteiger partial charge in [-0.2, -0.15) is 5.26 Å². The molecule has 0 bridgehead atoms. The van der Waals surface area contributed by atoms with Crippen molar-refractivity contribution >= 4 is 9.84 Å². The van der Waals surface area contributed by atoms with Crippen LogP contribution in [-0.4, -0.2) is 14.2 Å². The van der Waals surface area contributed by atoms with E-state index >= 15 is 0 Å². The third-order valence-corrected chi connectivity index (χ3v) is 5.17. The maximum atomic E-state index is 11.9. The maximum absolute atomic E-state index is 11.9. The fraction of sp³-hybridized carbons (Fsp3) is 0.462. The summed E-state index contributed by atoms with van der Waals surface area (Å²) >= 11 is 0. The molecule has 18 heavy (non-hydrogen) atoms. The molecule has 1 aromatic carbocycles. The number of nitrogens with two attached hydrogens (primary N) is 1. The Hall–Kier alpha value is -1.38. The van der Waals surface area contributed by atoms with E-state index in [2.05, 4.69) is 6.07 Å². The first kappa shape index (κ1) is 13.1. The standard InChI is InChI=1S/C13H16N2O2S/c14-7-1-4-12(15)10-5-6-13-11(9-10)3-2-8-18(13,16)17/h5-6,9,12H,1-4,8,15H2. The van der Waals surface area contributed by atoms with Crippen LogP contribution in [0.15, 0.2) is 23.1 Å². The van der Waals surface area contributed by atoms with Gasteiger partial charge in [0.2, 0.25) is 0 Å². The minimum atomic E-state index is -3.09. The van der Waals surface area contributed by atoms with Gasteiger partial charge in [0, 0.05) is 12.5 Å². The number of rotatable bonds is 3. The zero-order valence-corrected chi connectivity index (χ0v) is 10.9. The second-order valence-electron chi connectivity index (χ2n) is 4.59. The van der Waals surface area contributed by atoms with Crippen LogP contribution < -0.4 is 5.73 Å². The van der Waals surface area contributed by atoms with Crippen molar-refractivity contribution < 1.29 is 8.42 Å². The summed E-state index contributed by atoms with van der Waals surface area (Å²) in [5.74, 6) is 0.236. The molecule has 5 heteroatoms. The molecule has 0 aliphatic carbocycles. The summed E-state index contributed by atoms with van der Waals surface area (Å²) in [7, 11) is -3.09. The molecule has 1 aliphatic heterocycles. The van der Waals surface area contributed by atoms with E-state index in [-0.39, 0.29) is 11.8 Å². The molecule has 0 aromatic heterocycles. The number of sulfone groups is 1. The van der Waals surface area contributed by atoms with E-state index in [9.17, 15) is 8.42 Å². The zero-order chi connectivity index (χ0) is 13.2. The summed E-state index contributed by atoms with van der Waals surface area (Å²) < 4.78 is 23.7. The van der Waals surface area contributed by atoms with Crippen molar-refractivity contribution in [2.24, 2.45) is 5.73 Å². The minimum absolute atomic E-state index is 0.195. The Labute approximate surface area is 107 Å². The molecule has 2 rings (SSSR count). The van der Waals surface area contributed by atoms with Crippen LogP contribution in [0.25, 0.3) is 0 Å². The average Bonchev–Trinajstić information content (AvgIpc) is 2.35. The first-order valence-electron chi connectivity index (χ1n) is 6.03. The van der Waals surface area contributed by atoms with Crippen LogP contribution in [0.3, 0.4) is 0 Å². The first-order valence-corrected chi connectivity index (χ1v) is 7.68. The Bertz CT molecular complexity index is 587. The molecular weight excluding hydrogens is 248 g/mol. The lowest BCUT2D eigenvalue weighted by molar-refractivity contribution is 0.585. The van der Waals surface area contributed by atoms with Gasteiger partial charge < -0.3 is 5.73 Å². The monoisotopic (exact) mass is 264 g/mol. The summed E-state index contributed by atoms with van der Waals surface area (Å²) in [4.78, 5) is 0.449. The van der Waals surface area contributed by atoms with E-state index in [0.29, 0.717) is 24.2 Å². The van der Waals surface area contributed by atoms with Gasteiger partial charge in [-0.3, -0.25) is 0 Å². The molecule has 1 aliphatic rings. The van der Waals surface area contributed by atoms with Gasteiger partial charge in [-0.05, 0) is 36.5 Å². The number of fused-ring (bicyclic) bond motifs is 1. The molecule has 1 unspecified atom stereocenters. The van der Waals surface area contributed by atoms with Gasteiger partial charge >= 0.3 is 0 Å². The van der Waals surface area contributed by atoms with Gasteiger partial charge in [0.05, 0.1) is 16.7 Å². The first-order chi connectivity index (χ1) is 8.54. The lowest BCUT2D eigenvalue weighted by atomic mass is 9.99. The fourth-order valence-corrected chi connectivity index (χ4v) is 3.86. The lowest BCUT2D eigenvalue weighted by Crippen LogP contribution is -2.17. The normalized spacial score (nSPS) is 18.7. The number of benzene rings is 1. The van der Waals surface area contributed by atoms with Crippen LogP contribution in [0.5, 0.6) is 0 Å². The van der Waals surface area contributed by atoms with Crippen LogP contribution in [0, 0.1) is 11.3 Å². The fourth-order valence-electron chi connectivity index (χ4n) is 2.28. The van der Waals surface area contributed by atoms with Crippen molar-refractivity contribution in [3.8, 4) is 6.07 Å². The second kappa shape index (κ2) is 5.09. The van der Waals surface area contributed by atoms with Gasteiger partial charge in [-0.25, -0.2) is 8.42 Å².